The number of hydrogen-bond donors (Lipinski definition) is 0. The van der Waals surface area contributed by atoms with Crippen LogP contribution in [0.25, 0.3) is 0 Å². The molecule has 0 aliphatic heterocycles. The monoisotopic (exact) mass is 204 g/mol. The van der Waals surface area contributed by atoms with Gasteiger partial charge in [-0.25, -0.2) is 0 Å². The first-order valence-corrected chi connectivity index (χ1v) is 6.47. The molecule has 0 aliphatic carbocycles. The molecule has 0 unspecified atom stereocenters. The molecule has 0 N–H and O–H groups in total. The first-order valence-electron chi connectivity index (χ1n) is 6.47. The van der Waals surface area contributed by atoms with Gasteiger partial charge in [0.25, 0.3) is 0 Å². The molecule has 0 fully saturated rings. The van der Waals surface area contributed by atoms with E-state index in [4.69, 9.17) is 0 Å². The number of unbranched alkanes of at least 4 members (excludes halogenated alkanes) is 1. The summed E-state index contributed by atoms with van der Waals surface area (Å²) in [6.45, 7) is 19.4. The van der Waals surface area contributed by atoms with Crippen molar-refractivity contribution < 1.29 is 0 Å². The minimum atomic E-state index is 0.833. The van der Waals surface area contributed by atoms with Crippen LogP contribution in [0, 0.1) is 5.92 Å². The lowest BCUT2D eigenvalue weighted by molar-refractivity contribution is 0.737. The van der Waals surface area contributed by atoms with E-state index >= 15 is 0 Å². The standard InChI is InChI=1S/2C4H10.2C3H8/c1-4(2)3;1-3-4-2;2*1-3-2/h4H,1-3H3;3-4H2,1-2H3;2*3H2,1-2H3. The van der Waals surface area contributed by atoms with E-state index in [2.05, 4.69) is 62.3 Å². The summed E-state index contributed by atoms with van der Waals surface area (Å²) in [5.41, 5.74) is 0. The van der Waals surface area contributed by atoms with E-state index in [1.165, 1.54) is 25.7 Å². The van der Waals surface area contributed by atoms with Gasteiger partial charge < -0.3 is 0 Å². The van der Waals surface area contributed by atoms with Crippen molar-refractivity contribution in [1.82, 2.24) is 0 Å². The van der Waals surface area contributed by atoms with Crippen LogP contribution >= 0.6 is 0 Å². The molecule has 14 heavy (non-hydrogen) atoms. The van der Waals surface area contributed by atoms with Crippen LogP contribution in [0.2, 0.25) is 0 Å². The van der Waals surface area contributed by atoms with Crippen LogP contribution < -0.4 is 0 Å². The Bertz CT molecular complexity index is 30.5. The maximum Gasteiger partial charge on any atom is -0.0500 e. The molecule has 0 bridgehead atoms. The van der Waals surface area contributed by atoms with Crippen LogP contribution in [0.3, 0.4) is 0 Å². The summed E-state index contributed by atoms with van der Waals surface area (Å²) in [7, 11) is 0. The minimum absolute atomic E-state index is 0.833. The van der Waals surface area contributed by atoms with E-state index in [9.17, 15) is 0 Å². The lowest BCUT2D eigenvalue weighted by Gasteiger charge is -1.79. The normalized spacial score (nSPS) is 7.29. The van der Waals surface area contributed by atoms with E-state index in [1.807, 2.05) is 0 Å². The quantitative estimate of drug-likeness (QED) is 0.470. The zero-order valence-corrected chi connectivity index (χ0v) is 12.4. The van der Waals surface area contributed by atoms with E-state index < -0.39 is 0 Å². The van der Waals surface area contributed by atoms with Gasteiger partial charge in [0.1, 0.15) is 0 Å². The highest BCUT2D eigenvalue weighted by Crippen LogP contribution is 1.81. The zero-order chi connectivity index (χ0) is 12.4. The second-order valence-electron chi connectivity index (χ2n) is 4.15. The SMILES string of the molecule is CC(C)C.CCC.CCC.CCCC. The van der Waals surface area contributed by atoms with Crippen molar-refractivity contribution in [2.75, 3.05) is 0 Å². The highest BCUT2D eigenvalue weighted by atomic mass is 13.7. The summed E-state index contributed by atoms with van der Waals surface area (Å²) in [5, 5.41) is 0. The van der Waals surface area contributed by atoms with E-state index in [0.29, 0.717) is 0 Å². The van der Waals surface area contributed by atoms with Crippen molar-refractivity contribution in [3.63, 3.8) is 0 Å². The van der Waals surface area contributed by atoms with Crippen molar-refractivity contribution in [3.05, 3.63) is 0 Å². The van der Waals surface area contributed by atoms with Crippen molar-refractivity contribution in [3.8, 4) is 0 Å². The zero-order valence-electron chi connectivity index (χ0n) is 12.4. The molecule has 0 radical (unpaired) electrons. The van der Waals surface area contributed by atoms with E-state index in [-0.39, 0.29) is 0 Å². The first kappa shape index (κ1) is 23.7. The van der Waals surface area contributed by atoms with Gasteiger partial charge in [0.05, 0.1) is 0 Å². The van der Waals surface area contributed by atoms with Gasteiger partial charge in [-0.15, -0.1) is 0 Å². The van der Waals surface area contributed by atoms with E-state index in [1.54, 1.807) is 0 Å². The van der Waals surface area contributed by atoms with Crippen molar-refractivity contribution in [2.24, 2.45) is 5.92 Å². The molecule has 0 aliphatic rings. The van der Waals surface area contributed by atoms with Gasteiger partial charge in [-0.05, 0) is 5.92 Å². The molecule has 0 aromatic carbocycles. The summed E-state index contributed by atoms with van der Waals surface area (Å²) in [6, 6.07) is 0. The molecule has 0 atom stereocenters. The van der Waals surface area contributed by atoms with Crippen LogP contribution in [-0.2, 0) is 0 Å². The minimum Gasteiger partial charge on any atom is -0.0656 e. The molecule has 0 saturated carbocycles. The molecular weight excluding hydrogens is 168 g/mol. The second-order valence-corrected chi connectivity index (χ2v) is 4.15. The van der Waals surface area contributed by atoms with Gasteiger partial charge in [0.2, 0.25) is 0 Å². The number of hydrogen-bond acceptors (Lipinski definition) is 0. The summed E-state index contributed by atoms with van der Waals surface area (Å²) in [5.74, 6) is 0.833. The lowest BCUT2D eigenvalue weighted by Crippen LogP contribution is -1.66. The van der Waals surface area contributed by atoms with Gasteiger partial charge in [0.15, 0.2) is 0 Å². The fourth-order valence-corrected chi connectivity index (χ4v) is 0. The van der Waals surface area contributed by atoms with Gasteiger partial charge in [-0.3, -0.25) is 0 Å². The fourth-order valence-electron chi connectivity index (χ4n) is 0. The smallest absolute Gasteiger partial charge is 0.0500 e. The molecule has 0 rings (SSSR count). The molecule has 0 aromatic heterocycles. The molecule has 0 spiro atoms. The van der Waals surface area contributed by atoms with Gasteiger partial charge in [0, 0.05) is 0 Å². The average Bonchev–Trinajstić information content (AvgIpc) is 2.06. The third kappa shape index (κ3) is 1450. The summed E-state index contributed by atoms with van der Waals surface area (Å²) < 4.78 is 0. The first-order chi connectivity index (χ1) is 6.47. The molecular formula is C14H36. The topological polar surface area (TPSA) is 0 Å². The average molecular weight is 204 g/mol. The molecule has 0 heterocycles. The maximum atomic E-state index is 2.18. The largest absolute Gasteiger partial charge is 0.0656 e. The highest BCUT2D eigenvalue weighted by Gasteiger charge is 1.68. The van der Waals surface area contributed by atoms with Gasteiger partial charge in [-0.1, -0.05) is 88.0 Å². The van der Waals surface area contributed by atoms with Crippen LogP contribution in [-0.4, -0.2) is 0 Å². The third-order valence-electron chi connectivity index (χ3n) is 0.500. The van der Waals surface area contributed by atoms with Crippen LogP contribution in [0.1, 0.15) is 88.0 Å². The Labute approximate surface area is 94.5 Å². The summed E-state index contributed by atoms with van der Waals surface area (Å²) >= 11 is 0. The van der Waals surface area contributed by atoms with Crippen molar-refractivity contribution >= 4 is 0 Å². The molecule has 0 amide bonds. The van der Waals surface area contributed by atoms with E-state index in [0.717, 1.165) is 5.92 Å². The second kappa shape index (κ2) is 38.2. The Balaban J connectivity index is -0.0000000482. The Hall–Kier alpha value is 0. The number of rotatable bonds is 1. The van der Waals surface area contributed by atoms with Crippen LogP contribution in [0.15, 0.2) is 0 Å². The molecule has 0 heteroatoms. The van der Waals surface area contributed by atoms with Gasteiger partial charge in [-0.2, -0.15) is 0 Å². The van der Waals surface area contributed by atoms with Crippen molar-refractivity contribution in [2.45, 2.75) is 88.0 Å². The Morgan fingerprint density at radius 2 is 0.643 bits per heavy atom. The third-order valence-corrected chi connectivity index (χ3v) is 0.500. The molecule has 0 aromatic rings. The Morgan fingerprint density at radius 1 is 0.571 bits per heavy atom. The molecule has 92 valence electrons. The summed E-state index contributed by atoms with van der Waals surface area (Å²) in [6.07, 6.45) is 5.14. The lowest BCUT2D eigenvalue weighted by atomic mass is 10.3. The van der Waals surface area contributed by atoms with Crippen LogP contribution in [0.4, 0.5) is 0 Å². The van der Waals surface area contributed by atoms with Crippen LogP contribution in [0.5, 0.6) is 0 Å². The Morgan fingerprint density at radius 3 is 0.643 bits per heavy atom. The van der Waals surface area contributed by atoms with Gasteiger partial charge >= 0.3 is 0 Å². The predicted octanol–water partition coefficient (Wildman–Crippen LogP) is 6.30. The molecule has 0 saturated heterocycles. The molecule has 0 nitrogen and oxygen atoms in total. The summed E-state index contributed by atoms with van der Waals surface area (Å²) in [4.78, 5) is 0. The highest BCUT2D eigenvalue weighted by molar-refractivity contribution is 4.20. The predicted molar refractivity (Wildman–Crippen MR) is 73.0 cm³/mol. The maximum absolute atomic E-state index is 2.18. The fraction of sp³-hybridized carbons (Fsp3) is 1.00. The Kier molecular flexibility index (Phi) is 64.6. The van der Waals surface area contributed by atoms with Crippen molar-refractivity contribution in [1.29, 1.82) is 0 Å².